The Balaban J connectivity index is 1.82. The molecular weight excluding hydrogens is 314 g/mol. The topological polar surface area (TPSA) is 48.6 Å². The summed E-state index contributed by atoms with van der Waals surface area (Å²) in [6.45, 7) is 7.67. The van der Waals surface area contributed by atoms with E-state index in [9.17, 15) is 4.79 Å². The van der Waals surface area contributed by atoms with E-state index in [2.05, 4.69) is 69.1 Å². The SMILES string of the molecule is CN(C)CCc1c[nH]c2ccc(CC3COC(=O)N3C(C)(C)C)cc12. The van der Waals surface area contributed by atoms with Crippen LogP contribution in [0.2, 0.25) is 0 Å². The van der Waals surface area contributed by atoms with Gasteiger partial charge in [0.1, 0.15) is 6.61 Å². The molecule has 1 aliphatic heterocycles. The number of carbonyl (C=O) groups is 1. The maximum absolute atomic E-state index is 12.1. The summed E-state index contributed by atoms with van der Waals surface area (Å²) in [5, 5.41) is 1.28. The van der Waals surface area contributed by atoms with Gasteiger partial charge in [-0.05, 0) is 71.0 Å². The predicted molar refractivity (Wildman–Crippen MR) is 101 cm³/mol. The Bertz CT molecular complexity index is 758. The molecule has 1 fully saturated rings. The highest BCUT2D eigenvalue weighted by molar-refractivity contribution is 5.84. The van der Waals surface area contributed by atoms with Crippen molar-refractivity contribution in [1.29, 1.82) is 0 Å². The molecule has 0 bridgehead atoms. The van der Waals surface area contributed by atoms with Crippen LogP contribution in [-0.2, 0) is 17.6 Å². The summed E-state index contributed by atoms with van der Waals surface area (Å²) in [4.78, 5) is 19.5. The summed E-state index contributed by atoms with van der Waals surface area (Å²) in [6.07, 6.45) is 3.75. The predicted octanol–water partition coefficient (Wildman–Crippen LogP) is 3.43. The van der Waals surface area contributed by atoms with E-state index in [-0.39, 0.29) is 17.7 Å². The molecule has 25 heavy (non-hydrogen) atoms. The maximum atomic E-state index is 12.1. The molecular formula is C20H29N3O2. The highest BCUT2D eigenvalue weighted by Crippen LogP contribution is 2.27. The average Bonchev–Trinajstić information content (AvgIpc) is 3.08. The number of rotatable bonds is 5. The van der Waals surface area contributed by atoms with Crippen LogP contribution in [0.5, 0.6) is 0 Å². The highest BCUT2D eigenvalue weighted by Gasteiger charge is 2.40. The Labute approximate surface area is 149 Å². The first-order valence-corrected chi connectivity index (χ1v) is 8.95. The molecule has 2 aromatic rings. The van der Waals surface area contributed by atoms with Crippen LogP contribution in [0.1, 0.15) is 31.9 Å². The van der Waals surface area contributed by atoms with Crippen molar-refractivity contribution in [1.82, 2.24) is 14.8 Å². The Morgan fingerprint density at radius 1 is 1.32 bits per heavy atom. The van der Waals surface area contributed by atoms with Crippen molar-refractivity contribution < 1.29 is 9.53 Å². The van der Waals surface area contributed by atoms with Crippen molar-refractivity contribution in [3.8, 4) is 0 Å². The first kappa shape index (κ1) is 17.8. The zero-order valence-corrected chi connectivity index (χ0v) is 15.9. The summed E-state index contributed by atoms with van der Waals surface area (Å²) in [7, 11) is 4.19. The molecule has 1 atom stereocenters. The molecule has 136 valence electrons. The van der Waals surface area contributed by atoms with Crippen molar-refractivity contribution in [2.75, 3.05) is 27.2 Å². The number of H-pyrrole nitrogens is 1. The lowest BCUT2D eigenvalue weighted by molar-refractivity contribution is 0.122. The van der Waals surface area contributed by atoms with E-state index in [1.54, 1.807) is 0 Å². The highest BCUT2D eigenvalue weighted by atomic mass is 16.6. The second kappa shape index (κ2) is 6.71. The molecule has 0 saturated carbocycles. The minimum atomic E-state index is -0.229. The van der Waals surface area contributed by atoms with Gasteiger partial charge in [0, 0.05) is 29.2 Å². The van der Waals surface area contributed by atoms with Crippen molar-refractivity contribution in [2.24, 2.45) is 0 Å². The van der Waals surface area contributed by atoms with Crippen LogP contribution >= 0.6 is 0 Å². The molecule has 5 heteroatoms. The van der Waals surface area contributed by atoms with Gasteiger partial charge >= 0.3 is 6.09 Å². The number of likely N-dealkylation sites (N-methyl/N-ethyl adjacent to an activating group) is 1. The summed E-state index contributed by atoms with van der Waals surface area (Å²) in [5.41, 5.74) is 3.53. The van der Waals surface area contributed by atoms with E-state index in [0.29, 0.717) is 6.61 Å². The van der Waals surface area contributed by atoms with Gasteiger partial charge in [-0.2, -0.15) is 0 Å². The number of benzene rings is 1. The number of hydrogen-bond donors (Lipinski definition) is 1. The number of amides is 1. The second-order valence-electron chi connectivity index (χ2n) is 8.22. The normalized spacial score (nSPS) is 18.4. The van der Waals surface area contributed by atoms with E-state index in [4.69, 9.17) is 4.74 Å². The number of cyclic esters (lactones) is 1. The Kier molecular flexibility index (Phi) is 4.78. The molecule has 1 saturated heterocycles. The number of nitrogens with one attached hydrogen (secondary N) is 1. The number of hydrogen-bond acceptors (Lipinski definition) is 3. The molecule has 1 aromatic carbocycles. The molecule has 3 rings (SSSR count). The van der Waals surface area contributed by atoms with Gasteiger partial charge in [-0.1, -0.05) is 6.07 Å². The quantitative estimate of drug-likeness (QED) is 0.905. The van der Waals surface area contributed by atoms with Crippen LogP contribution in [0.3, 0.4) is 0 Å². The van der Waals surface area contributed by atoms with Crippen LogP contribution in [-0.4, -0.2) is 59.7 Å². The van der Waals surface area contributed by atoms with E-state index in [0.717, 1.165) is 19.4 Å². The average molecular weight is 343 g/mol. The third-order valence-electron chi connectivity index (χ3n) is 4.82. The Morgan fingerprint density at radius 3 is 2.76 bits per heavy atom. The first-order valence-electron chi connectivity index (χ1n) is 8.95. The van der Waals surface area contributed by atoms with E-state index in [1.807, 2.05) is 4.90 Å². The lowest BCUT2D eigenvalue weighted by Gasteiger charge is -2.34. The monoisotopic (exact) mass is 343 g/mol. The van der Waals surface area contributed by atoms with Crippen LogP contribution in [0.4, 0.5) is 4.79 Å². The van der Waals surface area contributed by atoms with Crippen molar-refractivity contribution in [3.63, 3.8) is 0 Å². The van der Waals surface area contributed by atoms with Gasteiger partial charge in [0.25, 0.3) is 0 Å². The minimum absolute atomic E-state index is 0.0918. The number of carbonyl (C=O) groups excluding carboxylic acids is 1. The van der Waals surface area contributed by atoms with Crippen LogP contribution < -0.4 is 0 Å². The minimum Gasteiger partial charge on any atom is -0.447 e. The molecule has 5 nitrogen and oxygen atoms in total. The zero-order chi connectivity index (χ0) is 18.2. The van der Waals surface area contributed by atoms with Crippen LogP contribution in [0.15, 0.2) is 24.4 Å². The number of fused-ring (bicyclic) bond motifs is 1. The molecule has 1 N–H and O–H groups in total. The summed E-state index contributed by atoms with van der Waals surface area (Å²) < 4.78 is 5.31. The number of nitrogens with zero attached hydrogens (tertiary/aromatic N) is 2. The first-order chi connectivity index (χ1) is 11.8. The van der Waals surface area contributed by atoms with Gasteiger partial charge in [0.15, 0.2) is 0 Å². The van der Waals surface area contributed by atoms with Crippen molar-refractivity contribution in [2.45, 2.75) is 45.2 Å². The Morgan fingerprint density at radius 2 is 2.08 bits per heavy atom. The molecule has 1 amide bonds. The van der Waals surface area contributed by atoms with Gasteiger partial charge in [-0.15, -0.1) is 0 Å². The van der Waals surface area contributed by atoms with Gasteiger partial charge in [0.05, 0.1) is 6.04 Å². The van der Waals surface area contributed by atoms with Crippen molar-refractivity contribution >= 4 is 17.0 Å². The summed E-state index contributed by atoms with van der Waals surface area (Å²) in [5.74, 6) is 0. The molecule has 1 unspecified atom stereocenters. The largest absolute Gasteiger partial charge is 0.447 e. The zero-order valence-electron chi connectivity index (χ0n) is 15.9. The number of aromatic nitrogens is 1. The fraction of sp³-hybridized carbons (Fsp3) is 0.550. The fourth-order valence-corrected chi connectivity index (χ4v) is 3.61. The van der Waals surface area contributed by atoms with Crippen LogP contribution in [0, 0.1) is 0 Å². The third-order valence-corrected chi connectivity index (χ3v) is 4.82. The van der Waals surface area contributed by atoms with Gasteiger partial charge in [-0.3, -0.25) is 4.90 Å². The number of aromatic amines is 1. The number of ether oxygens (including phenoxy) is 1. The molecule has 1 aromatic heterocycles. The smallest absolute Gasteiger partial charge is 0.410 e. The lowest BCUT2D eigenvalue weighted by atomic mass is 9.98. The standard InChI is InChI=1S/C20H29N3O2/c1-20(2,3)23-16(13-25-19(23)24)10-14-6-7-18-17(11-14)15(12-21-18)8-9-22(4)5/h6-7,11-12,16,21H,8-10,13H2,1-5H3. The second-order valence-corrected chi connectivity index (χ2v) is 8.22. The summed E-state index contributed by atoms with van der Waals surface area (Å²) >= 11 is 0. The molecule has 0 spiro atoms. The van der Waals surface area contributed by atoms with E-state index < -0.39 is 0 Å². The van der Waals surface area contributed by atoms with Gasteiger partial charge < -0.3 is 14.6 Å². The molecule has 0 aliphatic carbocycles. The maximum Gasteiger partial charge on any atom is 0.410 e. The summed E-state index contributed by atoms with van der Waals surface area (Å²) in [6, 6.07) is 6.65. The molecule has 1 aliphatic rings. The van der Waals surface area contributed by atoms with Gasteiger partial charge in [-0.25, -0.2) is 4.79 Å². The lowest BCUT2D eigenvalue weighted by Crippen LogP contribution is -2.48. The van der Waals surface area contributed by atoms with Crippen LogP contribution in [0.25, 0.3) is 10.9 Å². The Hall–Kier alpha value is -2.01. The van der Waals surface area contributed by atoms with E-state index in [1.165, 1.54) is 22.0 Å². The third kappa shape index (κ3) is 3.82. The molecule has 0 radical (unpaired) electrons. The molecule has 2 heterocycles. The van der Waals surface area contributed by atoms with E-state index >= 15 is 0 Å². The fourth-order valence-electron chi connectivity index (χ4n) is 3.61. The van der Waals surface area contributed by atoms with Gasteiger partial charge in [0.2, 0.25) is 0 Å². The van der Waals surface area contributed by atoms with Crippen molar-refractivity contribution in [3.05, 3.63) is 35.5 Å².